The molecule has 0 aromatic heterocycles. The molecular formula is C9H19NO4. The number of carbonyl (C=O) groups is 1. The van der Waals surface area contributed by atoms with Crippen LogP contribution in [0.15, 0.2) is 0 Å². The molecule has 1 heterocycles. The molecule has 0 radical (unpaired) electrons. The molecular weight excluding hydrogens is 186 g/mol. The minimum Gasteiger partial charge on any atom is -0.480 e. The minimum absolute atomic E-state index is 0.208. The van der Waals surface area contributed by atoms with Crippen molar-refractivity contribution in [2.45, 2.75) is 6.92 Å². The SMILES string of the molecule is CCN1CCOCC1.COCC(=O)O. The molecule has 0 saturated carbocycles. The molecule has 1 fully saturated rings. The summed E-state index contributed by atoms with van der Waals surface area (Å²) in [4.78, 5) is 11.9. The Labute approximate surface area is 84.6 Å². The molecule has 0 spiro atoms. The number of nitrogens with zero attached hydrogens (tertiary/aromatic N) is 1. The van der Waals surface area contributed by atoms with Crippen LogP contribution >= 0.6 is 0 Å². The summed E-state index contributed by atoms with van der Waals surface area (Å²) in [6, 6.07) is 0. The van der Waals surface area contributed by atoms with E-state index >= 15 is 0 Å². The molecule has 1 aliphatic heterocycles. The molecule has 5 nitrogen and oxygen atoms in total. The van der Waals surface area contributed by atoms with Gasteiger partial charge in [0.25, 0.3) is 0 Å². The van der Waals surface area contributed by atoms with Gasteiger partial charge in [0.15, 0.2) is 0 Å². The molecule has 1 saturated heterocycles. The summed E-state index contributed by atoms with van der Waals surface area (Å²) in [5.41, 5.74) is 0. The molecule has 0 aliphatic carbocycles. The molecule has 0 aromatic carbocycles. The molecule has 1 N–H and O–H groups in total. The summed E-state index contributed by atoms with van der Waals surface area (Å²) in [6.45, 7) is 7.24. The van der Waals surface area contributed by atoms with Crippen molar-refractivity contribution >= 4 is 5.97 Å². The Morgan fingerprint density at radius 1 is 1.50 bits per heavy atom. The maximum atomic E-state index is 9.47. The molecule has 0 unspecified atom stereocenters. The topological polar surface area (TPSA) is 59.0 Å². The van der Waals surface area contributed by atoms with Gasteiger partial charge in [0.05, 0.1) is 13.2 Å². The van der Waals surface area contributed by atoms with Gasteiger partial charge in [0.2, 0.25) is 0 Å². The highest BCUT2D eigenvalue weighted by Crippen LogP contribution is 1.93. The second-order valence-electron chi connectivity index (χ2n) is 2.87. The van der Waals surface area contributed by atoms with Gasteiger partial charge in [0, 0.05) is 20.2 Å². The van der Waals surface area contributed by atoms with Crippen LogP contribution in [0.1, 0.15) is 6.92 Å². The first kappa shape index (κ1) is 13.4. The first-order valence-electron chi connectivity index (χ1n) is 4.71. The van der Waals surface area contributed by atoms with Crippen LogP contribution < -0.4 is 0 Å². The van der Waals surface area contributed by atoms with Crippen LogP contribution in [0.3, 0.4) is 0 Å². The van der Waals surface area contributed by atoms with E-state index in [1.165, 1.54) is 13.7 Å². The summed E-state index contributed by atoms with van der Waals surface area (Å²) in [5, 5.41) is 7.79. The second-order valence-corrected chi connectivity index (χ2v) is 2.87. The fourth-order valence-electron chi connectivity index (χ4n) is 1.04. The van der Waals surface area contributed by atoms with Crippen molar-refractivity contribution in [2.24, 2.45) is 0 Å². The van der Waals surface area contributed by atoms with Crippen LogP contribution in [0, 0.1) is 0 Å². The van der Waals surface area contributed by atoms with Gasteiger partial charge in [0.1, 0.15) is 6.61 Å². The number of aliphatic carboxylic acids is 1. The summed E-state index contributed by atoms with van der Waals surface area (Å²) >= 11 is 0. The van der Waals surface area contributed by atoms with Gasteiger partial charge in [-0.15, -0.1) is 0 Å². The zero-order valence-corrected chi connectivity index (χ0v) is 8.86. The zero-order chi connectivity index (χ0) is 10.8. The quantitative estimate of drug-likeness (QED) is 0.705. The number of hydrogen-bond donors (Lipinski definition) is 1. The molecule has 1 aliphatic rings. The van der Waals surface area contributed by atoms with Crippen LogP contribution in [-0.4, -0.2) is 62.5 Å². The Kier molecular flexibility index (Phi) is 8.51. The highest BCUT2D eigenvalue weighted by Gasteiger charge is 2.05. The van der Waals surface area contributed by atoms with E-state index in [-0.39, 0.29) is 6.61 Å². The molecule has 0 aromatic rings. The van der Waals surface area contributed by atoms with E-state index in [1.54, 1.807) is 0 Å². The van der Waals surface area contributed by atoms with Crippen molar-refractivity contribution < 1.29 is 19.4 Å². The monoisotopic (exact) mass is 205 g/mol. The molecule has 0 bridgehead atoms. The van der Waals surface area contributed by atoms with Crippen molar-refractivity contribution in [3.63, 3.8) is 0 Å². The number of rotatable bonds is 3. The van der Waals surface area contributed by atoms with Gasteiger partial charge in [-0.3, -0.25) is 4.90 Å². The van der Waals surface area contributed by atoms with Crippen molar-refractivity contribution in [1.29, 1.82) is 0 Å². The standard InChI is InChI=1S/C6H13NO.C3H6O3/c1-2-7-3-5-8-6-4-7;1-6-2-3(4)5/h2-6H2,1H3;2H2,1H3,(H,4,5). The Morgan fingerprint density at radius 2 is 2.07 bits per heavy atom. The number of morpholine rings is 1. The second kappa shape index (κ2) is 8.93. The van der Waals surface area contributed by atoms with E-state index in [2.05, 4.69) is 16.6 Å². The summed E-state index contributed by atoms with van der Waals surface area (Å²) < 4.78 is 9.36. The maximum absolute atomic E-state index is 9.47. The van der Waals surface area contributed by atoms with Gasteiger partial charge in [-0.05, 0) is 6.54 Å². The van der Waals surface area contributed by atoms with Crippen LogP contribution in [-0.2, 0) is 14.3 Å². The number of carboxylic acid groups (broad SMARTS) is 1. The Balaban J connectivity index is 0.000000255. The highest BCUT2D eigenvalue weighted by atomic mass is 16.5. The molecule has 0 atom stereocenters. The Bertz CT molecular complexity index is 146. The minimum atomic E-state index is -0.933. The lowest BCUT2D eigenvalue weighted by Gasteiger charge is -2.24. The van der Waals surface area contributed by atoms with Gasteiger partial charge < -0.3 is 14.6 Å². The van der Waals surface area contributed by atoms with Crippen molar-refractivity contribution in [1.82, 2.24) is 4.90 Å². The van der Waals surface area contributed by atoms with Crippen LogP contribution in [0.2, 0.25) is 0 Å². The lowest BCUT2D eigenvalue weighted by molar-refractivity contribution is -0.141. The first-order chi connectivity index (χ1) is 6.70. The number of likely N-dealkylation sites (N-methyl/N-ethyl adjacent to an activating group) is 1. The van der Waals surface area contributed by atoms with E-state index in [4.69, 9.17) is 9.84 Å². The van der Waals surface area contributed by atoms with Crippen LogP contribution in [0.4, 0.5) is 0 Å². The Hall–Kier alpha value is -0.650. The lowest BCUT2D eigenvalue weighted by atomic mass is 10.4. The van der Waals surface area contributed by atoms with E-state index in [9.17, 15) is 4.79 Å². The van der Waals surface area contributed by atoms with Crippen molar-refractivity contribution in [3.05, 3.63) is 0 Å². The molecule has 0 amide bonds. The summed E-state index contributed by atoms with van der Waals surface area (Å²) in [6.07, 6.45) is 0. The number of hydrogen-bond acceptors (Lipinski definition) is 4. The zero-order valence-electron chi connectivity index (χ0n) is 8.86. The third kappa shape index (κ3) is 7.97. The fraction of sp³-hybridized carbons (Fsp3) is 0.889. The smallest absolute Gasteiger partial charge is 0.329 e. The van der Waals surface area contributed by atoms with E-state index in [0.717, 1.165) is 26.3 Å². The number of ether oxygens (including phenoxy) is 2. The number of carboxylic acids is 1. The van der Waals surface area contributed by atoms with Gasteiger partial charge >= 0.3 is 5.97 Å². The predicted octanol–water partition coefficient (Wildman–Crippen LogP) is 0.0559. The largest absolute Gasteiger partial charge is 0.480 e. The normalized spacial score (nSPS) is 17.0. The summed E-state index contributed by atoms with van der Waals surface area (Å²) in [7, 11) is 1.34. The molecule has 84 valence electrons. The third-order valence-electron chi connectivity index (χ3n) is 1.82. The molecule has 1 rings (SSSR count). The van der Waals surface area contributed by atoms with Crippen molar-refractivity contribution in [3.8, 4) is 0 Å². The van der Waals surface area contributed by atoms with E-state index < -0.39 is 5.97 Å². The molecule has 5 heteroatoms. The van der Waals surface area contributed by atoms with Gasteiger partial charge in [-0.25, -0.2) is 4.79 Å². The predicted molar refractivity (Wildman–Crippen MR) is 52.4 cm³/mol. The number of methoxy groups -OCH3 is 1. The van der Waals surface area contributed by atoms with E-state index in [0.29, 0.717) is 0 Å². The van der Waals surface area contributed by atoms with Gasteiger partial charge in [-0.1, -0.05) is 6.92 Å². The fourth-order valence-corrected chi connectivity index (χ4v) is 1.04. The average Bonchev–Trinajstić information content (AvgIpc) is 2.20. The van der Waals surface area contributed by atoms with Crippen molar-refractivity contribution in [2.75, 3.05) is 46.6 Å². The lowest BCUT2D eigenvalue weighted by Crippen LogP contribution is -2.35. The first-order valence-corrected chi connectivity index (χ1v) is 4.71. The third-order valence-corrected chi connectivity index (χ3v) is 1.82. The van der Waals surface area contributed by atoms with Crippen LogP contribution in [0.25, 0.3) is 0 Å². The van der Waals surface area contributed by atoms with Crippen LogP contribution in [0.5, 0.6) is 0 Å². The van der Waals surface area contributed by atoms with Gasteiger partial charge in [-0.2, -0.15) is 0 Å². The maximum Gasteiger partial charge on any atom is 0.329 e. The van der Waals surface area contributed by atoms with E-state index in [1.807, 2.05) is 0 Å². The average molecular weight is 205 g/mol. The molecule has 14 heavy (non-hydrogen) atoms. The Morgan fingerprint density at radius 3 is 2.29 bits per heavy atom. The highest BCUT2D eigenvalue weighted by molar-refractivity contribution is 5.67. The summed E-state index contributed by atoms with van der Waals surface area (Å²) in [5.74, 6) is -0.933.